The minimum atomic E-state index is -4.39. The van der Waals surface area contributed by atoms with Gasteiger partial charge in [-0.25, -0.2) is 0 Å². The molecule has 2 N–H and O–H groups in total. The fourth-order valence-electron chi connectivity index (χ4n) is 1.62. The first-order valence-corrected chi connectivity index (χ1v) is 7.55. The third kappa shape index (κ3) is 3.76. The van der Waals surface area contributed by atoms with E-state index in [1.165, 1.54) is 24.3 Å². The summed E-state index contributed by atoms with van der Waals surface area (Å²) in [5.41, 5.74) is 0. The quantitative estimate of drug-likeness (QED) is 0.579. The molecule has 100 valence electrons. The summed E-state index contributed by atoms with van der Waals surface area (Å²) in [6.45, 7) is 0. The Morgan fingerprint density at radius 2 is 1.47 bits per heavy atom. The van der Waals surface area contributed by atoms with Crippen molar-refractivity contribution in [3.05, 3.63) is 36.4 Å². The Hall–Kier alpha value is 0.000519. The molecule has 0 atom stereocenters. The van der Waals surface area contributed by atoms with E-state index in [0.29, 0.717) is 0 Å². The molecule has 2 rings (SSSR count). The zero-order chi connectivity index (χ0) is 13.6. The van der Waals surface area contributed by atoms with E-state index in [0.717, 1.165) is 12.1 Å². The van der Waals surface area contributed by atoms with Crippen LogP contribution in [0.5, 0.6) is 0 Å². The van der Waals surface area contributed by atoms with Crippen LogP contribution in [0.15, 0.2) is 46.2 Å². The number of rotatable bonds is 2. The monoisotopic (exact) mass is 378 g/mol. The first kappa shape index (κ1) is 17.1. The molecule has 0 aliphatic heterocycles. The van der Waals surface area contributed by atoms with Crippen LogP contribution in [0.25, 0.3) is 10.8 Å². The van der Waals surface area contributed by atoms with Crippen LogP contribution < -0.4 is 0 Å². The molecule has 19 heavy (non-hydrogen) atoms. The summed E-state index contributed by atoms with van der Waals surface area (Å²) < 4.78 is 62.0. The van der Waals surface area contributed by atoms with Gasteiger partial charge in [-0.15, -0.1) is 0 Å². The van der Waals surface area contributed by atoms with Crippen LogP contribution in [0.3, 0.4) is 0 Å². The van der Waals surface area contributed by atoms with Gasteiger partial charge in [0.05, 0.1) is 4.90 Å². The zero-order valence-corrected chi connectivity index (χ0v) is 10.4. The second-order valence-corrected chi connectivity index (χ2v) is 6.40. The fourth-order valence-corrected chi connectivity index (χ4v) is 2.85. The molecule has 2 aromatic rings. The van der Waals surface area contributed by atoms with Gasteiger partial charge in [0.25, 0.3) is 20.2 Å². The maximum absolute atomic E-state index is 11.1. The van der Waals surface area contributed by atoms with Crippen LogP contribution in [-0.4, -0.2) is 71.4 Å². The standard InChI is InChI=1S/C10H8O6S2.Sr.2H/c11-17(12,13)8-4-5-9-7(6-8)2-1-3-10(9)18(14,15)16;;;/h1-6H,(H,11,12,13)(H,14,15,16);;;. The van der Waals surface area contributed by atoms with Crippen molar-refractivity contribution in [2.75, 3.05) is 0 Å². The molecule has 0 amide bonds. The van der Waals surface area contributed by atoms with E-state index in [1.807, 2.05) is 0 Å². The summed E-state index contributed by atoms with van der Waals surface area (Å²) in [6, 6.07) is 7.43. The molecule has 0 heterocycles. The van der Waals surface area contributed by atoms with E-state index >= 15 is 0 Å². The predicted molar refractivity (Wildman–Crippen MR) is 72.1 cm³/mol. The molecular formula is C10H10O6S2Sr. The topological polar surface area (TPSA) is 109 Å². The van der Waals surface area contributed by atoms with E-state index in [-0.39, 0.29) is 66.0 Å². The van der Waals surface area contributed by atoms with Crippen LogP contribution >= 0.6 is 0 Å². The molecular weight excluding hydrogens is 368 g/mol. The van der Waals surface area contributed by atoms with Crippen LogP contribution in [0.2, 0.25) is 0 Å². The van der Waals surface area contributed by atoms with Crippen LogP contribution in [0.4, 0.5) is 0 Å². The Labute approximate surface area is 147 Å². The van der Waals surface area contributed by atoms with Crippen molar-refractivity contribution < 1.29 is 25.9 Å². The SMILES string of the molecule is O=S(=O)(O)c1ccc2c(S(=O)(=O)O)cccc2c1.[SrH2]. The van der Waals surface area contributed by atoms with Gasteiger partial charge in [0.15, 0.2) is 0 Å². The number of benzene rings is 2. The Morgan fingerprint density at radius 1 is 0.842 bits per heavy atom. The number of fused-ring (bicyclic) bond motifs is 1. The number of hydrogen-bond acceptors (Lipinski definition) is 4. The summed E-state index contributed by atoms with van der Waals surface area (Å²) in [5, 5.41) is 0.452. The van der Waals surface area contributed by atoms with Crippen molar-refractivity contribution in [1.82, 2.24) is 0 Å². The molecule has 9 heteroatoms. The molecule has 0 unspecified atom stereocenters. The molecule has 0 saturated heterocycles. The Bertz CT molecular complexity index is 826. The fraction of sp³-hybridized carbons (Fsp3) is 0. The minimum absolute atomic E-state index is 0. The Morgan fingerprint density at radius 3 is 2.00 bits per heavy atom. The summed E-state index contributed by atoms with van der Waals surface area (Å²) in [6.07, 6.45) is 0. The summed E-state index contributed by atoms with van der Waals surface area (Å²) >= 11 is 0. The molecule has 0 aliphatic carbocycles. The van der Waals surface area contributed by atoms with E-state index in [4.69, 9.17) is 9.11 Å². The van der Waals surface area contributed by atoms with Crippen molar-refractivity contribution >= 4 is 76.5 Å². The van der Waals surface area contributed by atoms with Gasteiger partial charge in [-0.1, -0.05) is 18.2 Å². The van der Waals surface area contributed by atoms with E-state index in [2.05, 4.69) is 0 Å². The van der Waals surface area contributed by atoms with Crippen molar-refractivity contribution in [2.24, 2.45) is 0 Å². The molecule has 0 saturated carbocycles. The average Bonchev–Trinajstić information content (AvgIpc) is 2.25. The third-order valence-electron chi connectivity index (χ3n) is 2.39. The van der Waals surface area contributed by atoms with Crippen molar-refractivity contribution in [2.45, 2.75) is 9.79 Å². The molecule has 0 bridgehead atoms. The molecule has 0 fully saturated rings. The van der Waals surface area contributed by atoms with Gasteiger partial charge in [-0.2, -0.15) is 16.8 Å². The van der Waals surface area contributed by atoms with Crippen molar-refractivity contribution in [3.63, 3.8) is 0 Å². The van der Waals surface area contributed by atoms with Crippen LogP contribution in [0, 0.1) is 0 Å². The van der Waals surface area contributed by atoms with E-state index < -0.39 is 20.2 Å². The molecule has 0 spiro atoms. The molecule has 0 aromatic heterocycles. The van der Waals surface area contributed by atoms with Gasteiger partial charge >= 0.3 is 45.5 Å². The Kier molecular flexibility index (Phi) is 5.19. The van der Waals surface area contributed by atoms with Gasteiger partial charge < -0.3 is 0 Å². The van der Waals surface area contributed by atoms with Gasteiger partial charge in [-0.05, 0) is 23.6 Å². The second-order valence-electron chi connectivity index (χ2n) is 3.59. The molecule has 2 aromatic carbocycles. The van der Waals surface area contributed by atoms with Gasteiger partial charge in [0.2, 0.25) is 0 Å². The average molecular weight is 378 g/mol. The summed E-state index contributed by atoms with van der Waals surface area (Å²) in [4.78, 5) is -0.663. The summed E-state index contributed by atoms with van der Waals surface area (Å²) in [5.74, 6) is 0. The van der Waals surface area contributed by atoms with E-state index in [9.17, 15) is 16.8 Å². The number of hydrogen-bond donors (Lipinski definition) is 2. The normalized spacial score (nSPS) is 12.1. The van der Waals surface area contributed by atoms with Gasteiger partial charge in [-0.3, -0.25) is 9.11 Å². The van der Waals surface area contributed by atoms with Crippen molar-refractivity contribution in [3.8, 4) is 0 Å². The zero-order valence-electron chi connectivity index (χ0n) is 8.81. The van der Waals surface area contributed by atoms with Gasteiger partial charge in [0, 0.05) is 5.39 Å². The van der Waals surface area contributed by atoms with Crippen LogP contribution in [-0.2, 0) is 20.2 Å². The Balaban J connectivity index is 0.00000180. The van der Waals surface area contributed by atoms with E-state index in [1.54, 1.807) is 0 Å². The first-order valence-electron chi connectivity index (χ1n) is 4.67. The maximum atomic E-state index is 11.1. The van der Waals surface area contributed by atoms with Gasteiger partial charge in [0.1, 0.15) is 4.90 Å². The second kappa shape index (κ2) is 5.78. The third-order valence-corrected chi connectivity index (χ3v) is 4.15. The molecule has 0 aliphatic rings. The van der Waals surface area contributed by atoms with Crippen molar-refractivity contribution in [1.29, 1.82) is 0 Å². The molecule has 6 nitrogen and oxygen atoms in total. The predicted octanol–water partition coefficient (Wildman–Crippen LogP) is 0.417. The summed E-state index contributed by atoms with van der Waals surface area (Å²) in [7, 11) is -8.74. The molecule has 0 radical (unpaired) electrons. The van der Waals surface area contributed by atoms with Crippen LogP contribution in [0.1, 0.15) is 0 Å². The first-order chi connectivity index (χ1) is 8.19.